The van der Waals surface area contributed by atoms with E-state index < -0.39 is 35.0 Å². The van der Waals surface area contributed by atoms with Gasteiger partial charge in [-0.05, 0) is 36.6 Å². The number of aromatic nitrogens is 2. The molecule has 33 heavy (non-hydrogen) atoms. The Bertz CT molecular complexity index is 1030. The van der Waals surface area contributed by atoms with Gasteiger partial charge in [-0.2, -0.15) is 36.6 Å². The van der Waals surface area contributed by atoms with Gasteiger partial charge >= 0.3 is 12.4 Å². The van der Waals surface area contributed by atoms with Gasteiger partial charge in [-0.3, -0.25) is 0 Å². The van der Waals surface area contributed by atoms with Crippen LogP contribution >= 0.6 is 0 Å². The average Bonchev–Trinajstić information content (AvgIpc) is 2.72. The van der Waals surface area contributed by atoms with Crippen LogP contribution in [0.25, 0.3) is 0 Å². The number of halogens is 6. The molecule has 3 rings (SSSR count). The van der Waals surface area contributed by atoms with E-state index in [0.29, 0.717) is 18.6 Å². The lowest BCUT2D eigenvalue weighted by atomic mass is 9.64. The van der Waals surface area contributed by atoms with Crippen molar-refractivity contribution in [1.82, 2.24) is 9.97 Å². The summed E-state index contributed by atoms with van der Waals surface area (Å²) in [7, 11) is 0. The van der Waals surface area contributed by atoms with Gasteiger partial charge in [0.05, 0.1) is 23.4 Å². The second-order valence-electron chi connectivity index (χ2n) is 8.43. The van der Waals surface area contributed by atoms with Crippen LogP contribution < -0.4 is 10.6 Å². The van der Waals surface area contributed by atoms with Gasteiger partial charge < -0.3 is 15.7 Å². The number of hydrogen-bond acceptors (Lipinski definition) is 6. The van der Waals surface area contributed by atoms with E-state index in [1.54, 1.807) is 0 Å². The van der Waals surface area contributed by atoms with Crippen molar-refractivity contribution in [2.45, 2.75) is 51.2 Å². The van der Waals surface area contributed by atoms with Crippen molar-refractivity contribution >= 4 is 11.8 Å². The molecule has 0 amide bonds. The molecular weight excluding hydrogens is 452 g/mol. The lowest BCUT2D eigenvalue weighted by Gasteiger charge is -2.49. The molecular formula is C21H23F6N5O. The Kier molecular flexibility index (Phi) is 6.48. The van der Waals surface area contributed by atoms with Crippen LogP contribution in [-0.2, 0) is 18.8 Å². The minimum absolute atomic E-state index is 0. The molecule has 0 bridgehead atoms. The van der Waals surface area contributed by atoms with Crippen molar-refractivity contribution in [3.8, 4) is 6.07 Å². The second-order valence-corrected chi connectivity index (χ2v) is 8.43. The highest BCUT2D eigenvalue weighted by molar-refractivity contribution is 5.54. The van der Waals surface area contributed by atoms with Gasteiger partial charge in [0.15, 0.2) is 0 Å². The molecule has 1 fully saturated rings. The second kappa shape index (κ2) is 8.70. The molecule has 1 heterocycles. The van der Waals surface area contributed by atoms with Gasteiger partial charge in [0, 0.05) is 19.4 Å². The maximum absolute atomic E-state index is 13.0. The minimum Gasteiger partial charge on any atom is -0.392 e. The van der Waals surface area contributed by atoms with Crippen LogP contribution in [0.1, 0.15) is 43.9 Å². The van der Waals surface area contributed by atoms with Crippen molar-refractivity contribution in [3.63, 3.8) is 0 Å². The smallest absolute Gasteiger partial charge is 0.392 e. The number of benzene rings is 1. The summed E-state index contributed by atoms with van der Waals surface area (Å²) in [5.41, 5.74) is -3.19. The van der Waals surface area contributed by atoms with Crippen molar-refractivity contribution in [2.24, 2.45) is 5.41 Å². The molecule has 0 aliphatic heterocycles. The highest BCUT2D eigenvalue weighted by Gasteiger charge is 2.47. The summed E-state index contributed by atoms with van der Waals surface area (Å²) in [6.45, 7) is 3.67. The lowest BCUT2D eigenvalue weighted by molar-refractivity contribution is -0.143. The van der Waals surface area contributed by atoms with Crippen LogP contribution in [-0.4, -0.2) is 33.8 Å². The first kappa shape index (κ1) is 24.6. The molecule has 0 unspecified atom stereocenters. The quantitative estimate of drug-likeness (QED) is 0.517. The number of nitrogens with zero attached hydrogens (tertiary/aromatic N) is 3. The number of rotatable bonds is 6. The van der Waals surface area contributed by atoms with Gasteiger partial charge in [-0.1, -0.05) is 13.8 Å². The molecule has 12 heteroatoms. The summed E-state index contributed by atoms with van der Waals surface area (Å²) < 4.78 is 78.0. The number of anilines is 2. The molecule has 6 nitrogen and oxygen atoms in total. The van der Waals surface area contributed by atoms with Gasteiger partial charge in [0.1, 0.15) is 17.5 Å². The topological polar surface area (TPSA) is 93.9 Å². The maximum Gasteiger partial charge on any atom is 0.416 e. The molecule has 1 aromatic heterocycles. The van der Waals surface area contributed by atoms with E-state index in [-0.39, 0.29) is 49.4 Å². The van der Waals surface area contributed by atoms with Crippen molar-refractivity contribution < 1.29 is 32.9 Å². The number of alkyl halides is 6. The summed E-state index contributed by atoms with van der Waals surface area (Å²) in [5.74, 6) is 0.274. The van der Waals surface area contributed by atoms with E-state index in [1.165, 1.54) is 6.20 Å². The number of aliphatic hydroxyl groups is 1. The van der Waals surface area contributed by atoms with Crippen LogP contribution in [0.4, 0.5) is 38.1 Å². The number of hydrogen-bond donors (Lipinski definition) is 3. The Morgan fingerprint density at radius 3 is 2.24 bits per heavy atom. The van der Waals surface area contributed by atoms with Crippen molar-refractivity contribution in [3.05, 3.63) is 46.6 Å². The van der Waals surface area contributed by atoms with Crippen LogP contribution in [0.15, 0.2) is 24.4 Å². The fraction of sp³-hybridized carbons (Fsp3) is 0.476. The zero-order valence-corrected chi connectivity index (χ0v) is 17.6. The van der Waals surface area contributed by atoms with E-state index >= 15 is 0 Å². The highest BCUT2D eigenvalue weighted by atomic mass is 19.4. The zero-order chi connectivity index (χ0) is 24.6. The molecule has 1 saturated carbocycles. The van der Waals surface area contributed by atoms with Gasteiger partial charge in [0.25, 0.3) is 0 Å². The molecule has 0 saturated heterocycles. The minimum atomic E-state index is -4.91. The van der Waals surface area contributed by atoms with Crippen LogP contribution in [0.3, 0.4) is 0 Å². The molecule has 3 N–H and O–H groups in total. The number of nitrogens with one attached hydrogen (secondary N) is 2. The molecule has 0 radical (unpaired) electrons. The number of aliphatic hydroxyl groups excluding tert-OH is 1. The number of nitriles is 1. The summed E-state index contributed by atoms with van der Waals surface area (Å²) >= 11 is 0. The fourth-order valence-electron chi connectivity index (χ4n) is 3.45. The zero-order valence-electron chi connectivity index (χ0n) is 17.6. The summed E-state index contributed by atoms with van der Waals surface area (Å²) in [4.78, 5) is 8.17. The molecule has 1 aliphatic carbocycles. The van der Waals surface area contributed by atoms with E-state index in [4.69, 9.17) is 0 Å². The molecule has 1 aromatic carbocycles. The van der Waals surface area contributed by atoms with Gasteiger partial charge in [0.2, 0.25) is 5.95 Å². The molecule has 2 atom stereocenters. The highest BCUT2D eigenvalue weighted by Crippen LogP contribution is 2.42. The van der Waals surface area contributed by atoms with E-state index in [2.05, 4.69) is 20.6 Å². The molecule has 180 valence electrons. The van der Waals surface area contributed by atoms with E-state index in [1.807, 2.05) is 19.9 Å². The predicted molar refractivity (Wildman–Crippen MR) is 109 cm³/mol. The third-order valence-electron chi connectivity index (χ3n) is 5.78. The normalized spacial score (nSPS) is 20.0. The Hall–Kier alpha value is -3.07. The SMILES string of the molecule is CC1(C)[C@@H](O)C[C@H]1Nc1nc(NCCc2cc(C(F)(F)F)cc(C(F)(F)F)c2)ncc1C#N.[HH]. The maximum atomic E-state index is 13.0. The van der Waals surface area contributed by atoms with Crippen LogP contribution in [0.5, 0.6) is 0 Å². The van der Waals surface area contributed by atoms with Crippen molar-refractivity contribution in [1.29, 1.82) is 5.26 Å². The Morgan fingerprint density at radius 1 is 1.15 bits per heavy atom. The Morgan fingerprint density at radius 2 is 1.76 bits per heavy atom. The molecule has 0 spiro atoms. The Labute approximate surface area is 187 Å². The third-order valence-corrected chi connectivity index (χ3v) is 5.78. The first-order valence-corrected chi connectivity index (χ1v) is 9.96. The Balaban J connectivity index is 0.00000408. The first-order chi connectivity index (χ1) is 15.2. The average molecular weight is 475 g/mol. The van der Waals surface area contributed by atoms with Gasteiger partial charge in [-0.25, -0.2) is 4.98 Å². The molecule has 2 aromatic rings. The van der Waals surface area contributed by atoms with E-state index in [0.717, 1.165) is 0 Å². The fourth-order valence-corrected chi connectivity index (χ4v) is 3.45. The monoisotopic (exact) mass is 475 g/mol. The summed E-state index contributed by atoms with van der Waals surface area (Å²) in [6.07, 6.45) is -8.77. The molecule has 1 aliphatic rings. The van der Waals surface area contributed by atoms with Crippen molar-refractivity contribution in [2.75, 3.05) is 17.2 Å². The largest absolute Gasteiger partial charge is 0.416 e. The standard InChI is InChI=1S/C21H21F6N5O.H2/c1-19(2)15(8-16(19)33)31-17-12(9-28)10-30-18(32-17)29-4-3-11-5-13(20(22,23)24)7-14(6-11)21(25,26)27;/h5-7,10,15-16,33H,3-4,8H2,1-2H3,(H2,29,30,31,32);1H/t15-,16+;/m1./s1. The lowest BCUT2D eigenvalue weighted by Crippen LogP contribution is -2.57. The first-order valence-electron chi connectivity index (χ1n) is 9.96. The van der Waals surface area contributed by atoms with Crippen LogP contribution in [0, 0.1) is 16.7 Å². The van der Waals surface area contributed by atoms with Gasteiger partial charge in [-0.15, -0.1) is 0 Å². The van der Waals surface area contributed by atoms with E-state index in [9.17, 15) is 36.7 Å². The third kappa shape index (κ3) is 5.47. The summed E-state index contributed by atoms with van der Waals surface area (Å²) in [6, 6.07) is 3.23. The predicted octanol–water partition coefficient (Wildman–Crippen LogP) is 4.86. The summed E-state index contributed by atoms with van der Waals surface area (Å²) in [5, 5.41) is 25.0. The van der Waals surface area contributed by atoms with Crippen LogP contribution in [0.2, 0.25) is 0 Å².